The Labute approximate surface area is 250 Å². The van der Waals surface area contributed by atoms with Crippen LogP contribution in [0.5, 0.6) is 0 Å². The third-order valence-corrected chi connectivity index (χ3v) is 9.77. The Morgan fingerprint density at radius 2 is 1.81 bits per heavy atom. The third kappa shape index (κ3) is 6.13. The van der Waals surface area contributed by atoms with Gasteiger partial charge in [0.2, 0.25) is 0 Å². The standard InChI is InChI=1S/C36H43N3O3/c1-26(2)28-13-19-32-29(24-28)14-20-33-35(3,21-9-22-36(32,33)4)25-38(23-8-12-27-10-6-5-7-11-27)34(40)37-30-15-17-31(18-16-30)39(41)42/h5-8,10-13,15-19,24,26,33H,9,14,20-23,25H2,1-4H3,(H,37,40)/b12-8+. The molecule has 3 aromatic rings. The van der Waals surface area contributed by atoms with E-state index in [0.717, 1.165) is 31.2 Å². The number of hydrogen-bond acceptors (Lipinski definition) is 3. The maximum atomic E-state index is 13.8. The van der Waals surface area contributed by atoms with Crippen LogP contribution >= 0.6 is 0 Å². The second-order valence-electron chi connectivity index (χ2n) is 13.0. The van der Waals surface area contributed by atoms with Gasteiger partial charge >= 0.3 is 6.03 Å². The lowest BCUT2D eigenvalue weighted by Crippen LogP contribution is -2.54. The van der Waals surface area contributed by atoms with Gasteiger partial charge in [0, 0.05) is 30.9 Å². The number of non-ortho nitro benzene ring substituents is 1. The number of amides is 2. The number of hydrogen-bond donors (Lipinski definition) is 1. The molecular weight excluding hydrogens is 522 g/mol. The molecule has 3 aromatic carbocycles. The summed E-state index contributed by atoms with van der Waals surface area (Å²) in [7, 11) is 0. The number of urea groups is 1. The molecule has 3 unspecified atom stereocenters. The molecule has 0 aromatic heterocycles. The van der Waals surface area contributed by atoms with E-state index in [4.69, 9.17) is 0 Å². The first-order valence-corrected chi connectivity index (χ1v) is 15.2. The summed E-state index contributed by atoms with van der Waals surface area (Å²) in [5.41, 5.74) is 6.09. The van der Waals surface area contributed by atoms with E-state index >= 15 is 0 Å². The summed E-state index contributed by atoms with van der Waals surface area (Å²) < 4.78 is 0. The average Bonchev–Trinajstić information content (AvgIpc) is 2.97. The van der Waals surface area contributed by atoms with E-state index in [0.29, 0.717) is 30.6 Å². The van der Waals surface area contributed by atoms with Crippen LogP contribution in [0.1, 0.15) is 81.5 Å². The second-order valence-corrected chi connectivity index (χ2v) is 13.0. The predicted molar refractivity (Wildman–Crippen MR) is 171 cm³/mol. The topological polar surface area (TPSA) is 75.5 Å². The van der Waals surface area contributed by atoms with Gasteiger partial charge in [0.05, 0.1) is 4.92 Å². The van der Waals surface area contributed by atoms with E-state index in [1.54, 1.807) is 12.1 Å². The average molecular weight is 566 g/mol. The highest BCUT2D eigenvalue weighted by atomic mass is 16.6. The Bertz CT molecular complexity index is 1450. The maximum Gasteiger partial charge on any atom is 0.322 e. The summed E-state index contributed by atoms with van der Waals surface area (Å²) >= 11 is 0. The van der Waals surface area contributed by atoms with Crippen LogP contribution in [-0.2, 0) is 11.8 Å². The number of nitro benzene ring substituents is 1. The van der Waals surface area contributed by atoms with Crippen LogP contribution in [0.2, 0.25) is 0 Å². The van der Waals surface area contributed by atoms with Crippen LogP contribution in [0.4, 0.5) is 16.2 Å². The van der Waals surface area contributed by atoms with Gasteiger partial charge in [-0.1, -0.05) is 94.8 Å². The number of anilines is 1. The number of nitrogens with one attached hydrogen (secondary N) is 1. The van der Waals surface area contributed by atoms with Crippen LogP contribution in [0.25, 0.3) is 6.08 Å². The largest absolute Gasteiger partial charge is 0.322 e. The summed E-state index contributed by atoms with van der Waals surface area (Å²) in [6, 6.07) is 23.1. The lowest BCUT2D eigenvalue weighted by Gasteiger charge is -2.56. The van der Waals surface area contributed by atoms with Gasteiger partial charge < -0.3 is 10.2 Å². The van der Waals surface area contributed by atoms with Gasteiger partial charge in [0.25, 0.3) is 5.69 Å². The van der Waals surface area contributed by atoms with Crippen LogP contribution in [0, 0.1) is 21.4 Å². The summed E-state index contributed by atoms with van der Waals surface area (Å²) in [6.07, 6.45) is 9.70. The minimum absolute atomic E-state index is 0.00254. The van der Waals surface area contributed by atoms with E-state index < -0.39 is 4.92 Å². The van der Waals surface area contributed by atoms with Gasteiger partial charge in [-0.3, -0.25) is 10.1 Å². The fourth-order valence-corrected chi connectivity index (χ4v) is 7.60. The Balaban J connectivity index is 1.41. The molecule has 220 valence electrons. The van der Waals surface area contributed by atoms with Crippen molar-refractivity contribution in [1.29, 1.82) is 0 Å². The minimum atomic E-state index is -0.431. The first kappa shape index (κ1) is 29.6. The summed E-state index contributed by atoms with van der Waals surface area (Å²) in [5, 5.41) is 14.1. The van der Waals surface area contributed by atoms with Crippen LogP contribution < -0.4 is 5.32 Å². The molecule has 0 heterocycles. The van der Waals surface area contributed by atoms with Crippen molar-refractivity contribution in [3.63, 3.8) is 0 Å². The third-order valence-electron chi connectivity index (χ3n) is 9.77. The first-order valence-electron chi connectivity index (χ1n) is 15.2. The molecule has 1 N–H and O–H groups in total. The monoisotopic (exact) mass is 565 g/mol. The van der Waals surface area contributed by atoms with Crippen molar-refractivity contribution >= 4 is 23.5 Å². The number of aryl methyl sites for hydroxylation is 1. The SMILES string of the molecule is CC(C)c1ccc2c(c1)CCC1C(C)(CN(C/C=C/c3ccccc3)C(=O)Nc3ccc([N+](=O)[O-])cc3)CCCC21C. The molecule has 6 nitrogen and oxygen atoms in total. The molecule has 5 rings (SSSR count). The molecule has 3 atom stereocenters. The molecule has 1 fully saturated rings. The Morgan fingerprint density at radius 3 is 2.50 bits per heavy atom. The minimum Gasteiger partial charge on any atom is -0.320 e. The highest BCUT2D eigenvalue weighted by Crippen LogP contribution is 2.57. The van der Waals surface area contributed by atoms with Crippen molar-refractivity contribution < 1.29 is 9.72 Å². The quantitative estimate of drug-likeness (QED) is 0.219. The van der Waals surface area contributed by atoms with E-state index in [9.17, 15) is 14.9 Å². The fraction of sp³-hybridized carbons (Fsp3) is 0.417. The molecule has 0 saturated heterocycles. The van der Waals surface area contributed by atoms with Crippen LogP contribution in [0.15, 0.2) is 78.9 Å². The van der Waals surface area contributed by atoms with Gasteiger partial charge in [-0.25, -0.2) is 4.79 Å². The highest BCUT2D eigenvalue weighted by molar-refractivity contribution is 5.89. The summed E-state index contributed by atoms with van der Waals surface area (Å²) in [6.45, 7) is 10.5. The van der Waals surface area contributed by atoms with Gasteiger partial charge in [-0.2, -0.15) is 0 Å². The van der Waals surface area contributed by atoms with E-state index in [2.05, 4.69) is 75.5 Å². The van der Waals surface area contributed by atoms with Crippen molar-refractivity contribution in [2.75, 3.05) is 18.4 Å². The Kier molecular flexibility index (Phi) is 8.53. The molecule has 1 saturated carbocycles. The van der Waals surface area contributed by atoms with Crippen molar-refractivity contribution in [1.82, 2.24) is 4.90 Å². The van der Waals surface area contributed by atoms with Crippen molar-refractivity contribution in [3.05, 3.63) is 111 Å². The van der Waals surface area contributed by atoms with Crippen LogP contribution in [-0.4, -0.2) is 28.9 Å². The number of nitrogens with zero attached hydrogens (tertiary/aromatic N) is 2. The number of nitro groups is 1. The maximum absolute atomic E-state index is 13.8. The normalized spacial score (nSPS) is 23.3. The lowest BCUT2D eigenvalue weighted by molar-refractivity contribution is -0.384. The van der Waals surface area contributed by atoms with Gasteiger partial charge in [0.15, 0.2) is 0 Å². The zero-order chi connectivity index (χ0) is 29.9. The number of rotatable bonds is 8. The molecule has 2 aliphatic carbocycles. The molecule has 2 aliphatic rings. The van der Waals surface area contributed by atoms with Gasteiger partial charge in [0.1, 0.15) is 0 Å². The molecule has 0 bridgehead atoms. The number of carbonyl (C=O) groups is 1. The molecular formula is C36H43N3O3. The van der Waals surface area contributed by atoms with Gasteiger partial charge in [-0.15, -0.1) is 0 Å². The van der Waals surface area contributed by atoms with E-state index in [1.807, 2.05) is 23.1 Å². The molecule has 6 heteroatoms. The van der Waals surface area contributed by atoms with E-state index in [1.165, 1.54) is 35.2 Å². The van der Waals surface area contributed by atoms with Crippen LogP contribution in [0.3, 0.4) is 0 Å². The zero-order valence-corrected chi connectivity index (χ0v) is 25.3. The Hall–Kier alpha value is -3.93. The first-order chi connectivity index (χ1) is 20.1. The number of benzene rings is 3. The number of carbonyl (C=O) groups excluding carboxylic acids is 1. The van der Waals surface area contributed by atoms with Crippen molar-refractivity contribution in [2.45, 2.75) is 71.1 Å². The number of fused-ring (bicyclic) bond motifs is 3. The molecule has 2 amide bonds. The Morgan fingerprint density at radius 1 is 1.07 bits per heavy atom. The summed E-state index contributed by atoms with van der Waals surface area (Å²) in [4.78, 5) is 26.4. The molecule has 0 aliphatic heterocycles. The molecule has 0 spiro atoms. The smallest absolute Gasteiger partial charge is 0.320 e. The highest BCUT2D eigenvalue weighted by Gasteiger charge is 2.52. The van der Waals surface area contributed by atoms with Gasteiger partial charge in [-0.05, 0) is 82.7 Å². The zero-order valence-electron chi connectivity index (χ0n) is 25.3. The molecule has 0 radical (unpaired) electrons. The lowest BCUT2D eigenvalue weighted by atomic mass is 9.49. The fourth-order valence-electron chi connectivity index (χ4n) is 7.60. The van der Waals surface area contributed by atoms with Crippen molar-refractivity contribution in [3.8, 4) is 0 Å². The second kappa shape index (κ2) is 12.1. The van der Waals surface area contributed by atoms with E-state index in [-0.39, 0.29) is 22.5 Å². The summed E-state index contributed by atoms with van der Waals surface area (Å²) in [5.74, 6) is 0.980. The van der Waals surface area contributed by atoms with Crippen molar-refractivity contribution in [2.24, 2.45) is 11.3 Å². The predicted octanol–water partition coefficient (Wildman–Crippen LogP) is 8.98. The molecule has 42 heavy (non-hydrogen) atoms.